The summed E-state index contributed by atoms with van der Waals surface area (Å²) in [6.45, 7) is 22.6. The molecule has 0 spiro atoms. The summed E-state index contributed by atoms with van der Waals surface area (Å²) in [6.07, 6.45) is 16.3. The molecule has 1 aliphatic carbocycles. The molecular formula is C29H44S. The molecule has 1 heteroatoms. The Bertz CT molecular complexity index is 768. The third-order valence-electron chi connectivity index (χ3n) is 6.98. The smallest absolute Gasteiger partial charge is 0.0195 e. The SMILES string of the molecule is C=CCCC1=C(C)[C@H](C)C(CC2=C(C)C(/C=C\CC)C(C)C(=C/C(C)C)/C2=C\C)S1. The Morgan fingerprint density at radius 2 is 1.80 bits per heavy atom. The zero-order valence-electron chi connectivity index (χ0n) is 20.7. The lowest BCUT2D eigenvalue weighted by atomic mass is 9.68. The van der Waals surface area contributed by atoms with Crippen LogP contribution in [0.3, 0.4) is 0 Å². The van der Waals surface area contributed by atoms with Crippen molar-refractivity contribution in [1.82, 2.24) is 0 Å². The Hall–Kier alpha value is -1.21. The lowest BCUT2D eigenvalue weighted by molar-refractivity contribution is 0.522. The van der Waals surface area contributed by atoms with Crippen LogP contribution >= 0.6 is 11.8 Å². The van der Waals surface area contributed by atoms with E-state index in [0.717, 1.165) is 19.3 Å². The first kappa shape index (κ1) is 25.1. The van der Waals surface area contributed by atoms with Crippen molar-refractivity contribution in [3.05, 3.63) is 69.7 Å². The van der Waals surface area contributed by atoms with E-state index in [4.69, 9.17) is 0 Å². The molecule has 0 aromatic carbocycles. The molecule has 0 aromatic heterocycles. The van der Waals surface area contributed by atoms with Crippen LogP contribution in [0.4, 0.5) is 0 Å². The highest BCUT2D eigenvalue weighted by atomic mass is 32.2. The third kappa shape index (κ3) is 5.52. The first-order valence-corrected chi connectivity index (χ1v) is 12.9. The minimum atomic E-state index is 0.518. The van der Waals surface area contributed by atoms with Crippen LogP contribution in [0.2, 0.25) is 0 Å². The fraction of sp³-hybridized carbons (Fsp3) is 0.586. The molecule has 0 saturated heterocycles. The average molecular weight is 425 g/mol. The average Bonchev–Trinajstić information content (AvgIpc) is 2.97. The van der Waals surface area contributed by atoms with Crippen LogP contribution in [-0.4, -0.2) is 5.25 Å². The van der Waals surface area contributed by atoms with E-state index in [1.54, 1.807) is 27.2 Å². The molecule has 4 atom stereocenters. The molecule has 30 heavy (non-hydrogen) atoms. The van der Waals surface area contributed by atoms with E-state index in [2.05, 4.69) is 104 Å². The van der Waals surface area contributed by atoms with E-state index in [0.29, 0.717) is 28.9 Å². The lowest BCUT2D eigenvalue weighted by Gasteiger charge is -2.37. The molecule has 0 N–H and O–H groups in total. The van der Waals surface area contributed by atoms with Gasteiger partial charge in [0.05, 0.1) is 0 Å². The molecule has 2 rings (SSSR count). The van der Waals surface area contributed by atoms with Crippen molar-refractivity contribution >= 4 is 11.8 Å². The van der Waals surface area contributed by atoms with Gasteiger partial charge in [-0.15, -0.1) is 18.3 Å². The summed E-state index contributed by atoms with van der Waals surface area (Å²) < 4.78 is 0. The number of allylic oxidation sites excluding steroid dienone is 11. The highest BCUT2D eigenvalue weighted by Crippen LogP contribution is 2.50. The van der Waals surface area contributed by atoms with Gasteiger partial charge in [0.15, 0.2) is 0 Å². The predicted octanol–water partition coefficient (Wildman–Crippen LogP) is 9.45. The van der Waals surface area contributed by atoms with E-state index >= 15 is 0 Å². The van der Waals surface area contributed by atoms with Crippen molar-refractivity contribution in [3.8, 4) is 0 Å². The largest absolute Gasteiger partial charge is 0.126 e. The van der Waals surface area contributed by atoms with Crippen LogP contribution in [0, 0.1) is 23.7 Å². The number of hydrogen-bond acceptors (Lipinski definition) is 1. The zero-order chi connectivity index (χ0) is 22.4. The summed E-state index contributed by atoms with van der Waals surface area (Å²) in [5.74, 6) is 2.28. The minimum Gasteiger partial charge on any atom is -0.126 e. The number of hydrogen-bond donors (Lipinski definition) is 0. The van der Waals surface area contributed by atoms with Crippen LogP contribution in [0.5, 0.6) is 0 Å². The van der Waals surface area contributed by atoms with Gasteiger partial charge in [0.25, 0.3) is 0 Å². The van der Waals surface area contributed by atoms with Gasteiger partial charge >= 0.3 is 0 Å². The van der Waals surface area contributed by atoms with Gasteiger partial charge in [-0.3, -0.25) is 0 Å². The van der Waals surface area contributed by atoms with E-state index in [-0.39, 0.29) is 0 Å². The Morgan fingerprint density at radius 3 is 2.37 bits per heavy atom. The second kappa shape index (κ2) is 11.4. The normalized spacial score (nSPS) is 30.6. The third-order valence-corrected chi connectivity index (χ3v) is 8.67. The maximum Gasteiger partial charge on any atom is 0.0195 e. The van der Waals surface area contributed by atoms with Gasteiger partial charge < -0.3 is 0 Å². The monoisotopic (exact) mass is 424 g/mol. The molecule has 166 valence electrons. The summed E-state index contributed by atoms with van der Waals surface area (Å²) in [5.41, 5.74) is 7.88. The first-order chi connectivity index (χ1) is 14.3. The minimum absolute atomic E-state index is 0.518. The van der Waals surface area contributed by atoms with Crippen LogP contribution in [0.15, 0.2) is 69.7 Å². The van der Waals surface area contributed by atoms with Crippen LogP contribution < -0.4 is 0 Å². The molecule has 2 aliphatic rings. The molecular weight excluding hydrogens is 380 g/mol. The fourth-order valence-electron chi connectivity index (χ4n) is 5.03. The highest BCUT2D eigenvalue weighted by molar-refractivity contribution is 8.04. The van der Waals surface area contributed by atoms with E-state index in [9.17, 15) is 0 Å². The molecule has 0 bridgehead atoms. The van der Waals surface area contributed by atoms with Gasteiger partial charge in [0.2, 0.25) is 0 Å². The van der Waals surface area contributed by atoms with Crippen molar-refractivity contribution in [1.29, 1.82) is 0 Å². The van der Waals surface area contributed by atoms with Gasteiger partial charge in [-0.1, -0.05) is 76.1 Å². The molecule has 0 radical (unpaired) electrons. The van der Waals surface area contributed by atoms with E-state index < -0.39 is 0 Å². The van der Waals surface area contributed by atoms with E-state index in [1.807, 2.05) is 0 Å². The van der Waals surface area contributed by atoms with E-state index in [1.165, 1.54) is 12.0 Å². The maximum absolute atomic E-state index is 3.92. The molecule has 0 amide bonds. The van der Waals surface area contributed by atoms with Crippen molar-refractivity contribution < 1.29 is 0 Å². The van der Waals surface area contributed by atoms with Crippen molar-refractivity contribution in [3.63, 3.8) is 0 Å². The quantitative estimate of drug-likeness (QED) is 0.350. The molecule has 3 unspecified atom stereocenters. The topological polar surface area (TPSA) is 0 Å². The predicted molar refractivity (Wildman–Crippen MR) is 139 cm³/mol. The Kier molecular flexibility index (Phi) is 9.54. The van der Waals surface area contributed by atoms with Crippen LogP contribution in [0.25, 0.3) is 0 Å². The van der Waals surface area contributed by atoms with Crippen molar-refractivity contribution in [2.45, 2.75) is 86.3 Å². The summed E-state index contributed by atoms with van der Waals surface area (Å²) >= 11 is 2.14. The molecule has 0 nitrogen and oxygen atoms in total. The fourth-order valence-corrected chi connectivity index (χ4v) is 6.66. The molecule has 0 fully saturated rings. The molecule has 0 saturated carbocycles. The summed E-state index contributed by atoms with van der Waals surface area (Å²) in [4.78, 5) is 1.61. The van der Waals surface area contributed by atoms with Gasteiger partial charge in [0.1, 0.15) is 0 Å². The van der Waals surface area contributed by atoms with Crippen LogP contribution in [0.1, 0.15) is 81.1 Å². The molecule has 1 aliphatic heterocycles. The summed E-state index contributed by atoms with van der Waals surface area (Å²) in [7, 11) is 0. The molecule has 0 aromatic rings. The van der Waals surface area contributed by atoms with Crippen LogP contribution in [-0.2, 0) is 0 Å². The van der Waals surface area contributed by atoms with Gasteiger partial charge in [-0.25, -0.2) is 0 Å². The summed E-state index contributed by atoms with van der Waals surface area (Å²) in [5, 5.41) is 0.647. The second-order valence-electron chi connectivity index (χ2n) is 9.46. The lowest BCUT2D eigenvalue weighted by Crippen LogP contribution is -2.25. The Labute approximate surface area is 191 Å². The molecule has 1 heterocycles. The maximum atomic E-state index is 3.92. The Balaban J connectivity index is 2.43. The summed E-state index contributed by atoms with van der Waals surface area (Å²) in [6, 6.07) is 0. The zero-order valence-corrected chi connectivity index (χ0v) is 21.5. The number of thioether (sulfide) groups is 1. The van der Waals surface area contributed by atoms with Crippen molar-refractivity contribution in [2.24, 2.45) is 23.7 Å². The van der Waals surface area contributed by atoms with Gasteiger partial charge in [0, 0.05) is 11.2 Å². The Morgan fingerprint density at radius 1 is 1.10 bits per heavy atom. The van der Waals surface area contributed by atoms with Gasteiger partial charge in [-0.05, 0) is 85.8 Å². The second-order valence-corrected chi connectivity index (χ2v) is 10.8. The standard InChI is InChI=1S/C29H44S/c1-10-13-15-25-22(8)26(17-19(4)5)24(12-3)27(23(25)9)18-29-21(7)20(6)28(30-29)16-14-11-2/h11-13,15,17,19,21-22,25,29H,2,10,14,16,18H2,1,3-9H3/b15-13-,24-12+,26-17-/t21-,22?,25?,29?/m0/s1. The highest BCUT2D eigenvalue weighted by Gasteiger charge is 2.36. The first-order valence-electron chi connectivity index (χ1n) is 12.0. The van der Waals surface area contributed by atoms with Gasteiger partial charge in [-0.2, -0.15) is 0 Å². The number of rotatable bonds is 8. The van der Waals surface area contributed by atoms with Crippen molar-refractivity contribution in [2.75, 3.05) is 0 Å².